The number of ether oxygens (including phenoxy) is 3. The molecule has 1 fully saturated rings. The van der Waals surface area contributed by atoms with Gasteiger partial charge in [-0.2, -0.15) is 0 Å². The van der Waals surface area contributed by atoms with Gasteiger partial charge in [-0.15, -0.1) is 0 Å². The summed E-state index contributed by atoms with van der Waals surface area (Å²) in [5.41, 5.74) is 1.05. The van der Waals surface area contributed by atoms with Crippen molar-refractivity contribution >= 4 is 18.6 Å². The minimum Gasteiger partial charge on any atom is -0.496 e. The molecule has 0 aromatic heterocycles. The van der Waals surface area contributed by atoms with Gasteiger partial charge < -0.3 is 29.0 Å². The molecule has 3 rings (SSSR count). The van der Waals surface area contributed by atoms with Crippen molar-refractivity contribution < 1.29 is 33.8 Å². The van der Waals surface area contributed by atoms with Gasteiger partial charge in [0, 0.05) is 18.1 Å². The molecule has 0 spiro atoms. The van der Waals surface area contributed by atoms with Crippen molar-refractivity contribution in [3.8, 4) is 11.5 Å². The summed E-state index contributed by atoms with van der Waals surface area (Å²) >= 11 is 0. The highest BCUT2D eigenvalue weighted by Crippen LogP contribution is 2.40. The van der Waals surface area contributed by atoms with Crippen LogP contribution in [0.4, 0.5) is 0 Å². The second kappa shape index (κ2) is 7.64. The van der Waals surface area contributed by atoms with Crippen molar-refractivity contribution in [3.63, 3.8) is 0 Å². The van der Waals surface area contributed by atoms with Crippen molar-refractivity contribution in [3.05, 3.63) is 17.7 Å². The van der Waals surface area contributed by atoms with E-state index in [0.717, 1.165) is 19.3 Å². The third kappa shape index (κ3) is 3.61. The molecule has 0 radical (unpaired) electrons. The lowest BCUT2D eigenvalue weighted by Crippen LogP contribution is -2.30. The van der Waals surface area contributed by atoms with Crippen LogP contribution in [0.3, 0.4) is 0 Å². The molecule has 8 heteroatoms. The molecule has 2 aliphatic rings. The van der Waals surface area contributed by atoms with Gasteiger partial charge in [-0.25, -0.2) is 0 Å². The van der Waals surface area contributed by atoms with Crippen LogP contribution in [0.5, 0.6) is 11.5 Å². The lowest BCUT2D eigenvalue weighted by Gasteiger charge is -2.25. The van der Waals surface area contributed by atoms with Crippen molar-refractivity contribution in [2.75, 3.05) is 13.7 Å². The first kappa shape index (κ1) is 18.0. The highest BCUT2D eigenvalue weighted by atomic mass is 16.7. The Balaban J connectivity index is 1.92. The van der Waals surface area contributed by atoms with E-state index in [1.54, 1.807) is 19.1 Å². The summed E-state index contributed by atoms with van der Waals surface area (Å²) in [4.78, 5) is 11.5. The van der Waals surface area contributed by atoms with Crippen LogP contribution >= 0.6 is 0 Å². The van der Waals surface area contributed by atoms with Crippen LogP contribution in [0.25, 0.3) is 0 Å². The molecule has 3 unspecified atom stereocenters. The lowest BCUT2D eigenvalue weighted by atomic mass is 9.78. The van der Waals surface area contributed by atoms with E-state index in [9.17, 15) is 14.9 Å². The maximum absolute atomic E-state index is 11.5. The molecule has 3 atom stereocenters. The van der Waals surface area contributed by atoms with E-state index in [1.165, 1.54) is 7.11 Å². The number of hydrogen-bond acceptors (Lipinski definition) is 6. The third-order valence-corrected chi connectivity index (χ3v) is 4.72. The molecule has 2 aliphatic heterocycles. The lowest BCUT2D eigenvalue weighted by molar-refractivity contribution is -0.145. The highest BCUT2D eigenvalue weighted by Gasteiger charge is 2.44. The molecule has 2 heterocycles. The van der Waals surface area contributed by atoms with Crippen molar-refractivity contribution in [1.82, 2.24) is 0 Å². The van der Waals surface area contributed by atoms with Gasteiger partial charge in [0.15, 0.2) is 6.29 Å². The van der Waals surface area contributed by atoms with E-state index < -0.39 is 25.1 Å². The van der Waals surface area contributed by atoms with Crippen LogP contribution in [0.1, 0.15) is 44.3 Å². The number of carboxylic acid groups (broad SMARTS) is 1. The molecule has 0 bridgehead atoms. The Morgan fingerprint density at radius 1 is 1.44 bits per heavy atom. The summed E-state index contributed by atoms with van der Waals surface area (Å²) in [6.45, 7) is 2.44. The largest absolute Gasteiger partial charge is 0.496 e. The first-order chi connectivity index (χ1) is 12.0. The molecule has 7 nitrogen and oxygen atoms in total. The fraction of sp³-hybridized carbons (Fsp3) is 0.588. The molecule has 0 aliphatic carbocycles. The van der Waals surface area contributed by atoms with Gasteiger partial charge in [-0.1, -0.05) is 6.92 Å². The fourth-order valence-corrected chi connectivity index (χ4v) is 3.42. The molecule has 0 saturated carbocycles. The molecule has 25 heavy (non-hydrogen) atoms. The van der Waals surface area contributed by atoms with Gasteiger partial charge in [-0.3, -0.25) is 4.79 Å². The average molecular weight is 350 g/mol. The van der Waals surface area contributed by atoms with Crippen molar-refractivity contribution in [1.29, 1.82) is 0 Å². The van der Waals surface area contributed by atoms with Crippen molar-refractivity contribution in [2.24, 2.45) is 5.92 Å². The summed E-state index contributed by atoms with van der Waals surface area (Å²) < 4.78 is 22.4. The van der Waals surface area contributed by atoms with Gasteiger partial charge in [0.2, 0.25) is 0 Å². The van der Waals surface area contributed by atoms with E-state index >= 15 is 0 Å². The van der Waals surface area contributed by atoms with E-state index in [1.807, 2.05) is 0 Å². The second-order valence-electron chi connectivity index (χ2n) is 6.30. The van der Waals surface area contributed by atoms with Crippen LogP contribution in [0.15, 0.2) is 12.1 Å². The fourth-order valence-electron chi connectivity index (χ4n) is 3.42. The molecular weight excluding hydrogens is 327 g/mol. The summed E-state index contributed by atoms with van der Waals surface area (Å²) in [6, 6.07) is 3.37. The smallest absolute Gasteiger partial charge is 0.492 e. The van der Waals surface area contributed by atoms with Crippen LogP contribution < -0.4 is 14.9 Å². The first-order valence-electron chi connectivity index (χ1n) is 8.61. The number of hydrogen-bond donors (Lipinski definition) is 2. The van der Waals surface area contributed by atoms with Crippen LogP contribution in [0, 0.1) is 5.92 Å². The molecule has 1 aromatic carbocycles. The van der Waals surface area contributed by atoms with Gasteiger partial charge in [-0.05, 0) is 30.8 Å². The number of carboxylic acids is 1. The molecule has 0 amide bonds. The quantitative estimate of drug-likeness (QED) is 0.751. The van der Waals surface area contributed by atoms with E-state index in [2.05, 4.69) is 0 Å². The Bertz CT molecular complexity index is 630. The maximum atomic E-state index is 11.5. The predicted molar refractivity (Wildman–Crippen MR) is 90.1 cm³/mol. The zero-order valence-corrected chi connectivity index (χ0v) is 14.4. The van der Waals surface area contributed by atoms with Gasteiger partial charge in [0.1, 0.15) is 11.5 Å². The number of aliphatic carboxylic acids is 1. The number of benzene rings is 1. The molecule has 2 N–H and O–H groups in total. The standard InChI is InChI=1S/C17H23BO7/c1-3-11(17(19)20)16-15-12(18(21)25-16)8-10(9-13(15)22-2)24-14-6-4-5-7-23-14/h8-9,11,14,16,21H,3-7H2,1-2H3,(H,19,20). The van der Waals surface area contributed by atoms with E-state index in [-0.39, 0.29) is 6.29 Å². The first-order valence-corrected chi connectivity index (χ1v) is 8.61. The maximum Gasteiger partial charge on any atom is 0.492 e. The molecular formula is C17H23BO7. The zero-order chi connectivity index (χ0) is 18.0. The van der Waals surface area contributed by atoms with E-state index in [4.69, 9.17) is 18.9 Å². The number of fused-ring (bicyclic) bond motifs is 1. The minimum atomic E-state index is -1.21. The predicted octanol–water partition coefficient (Wildman–Crippen LogP) is 1.47. The highest BCUT2D eigenvalue weighted by molar-refractivity contribution is 6.62. The number of methoxy groups -OCH3 is 1. The monoisotopic (exact) mass is 350 g/mol. The Morgan fingerprint density at radius 3 is 2.84 bits per heavy atom. The Kier molecular flexibility index (Phi) is 5.51. The average Bonchev–Trinajstić information content (AvgIpc) is 2.92. The van der Waals surface area contributed by atoms with Gasteiger partial charge in [0.05, 0.1) is 25.7 Å². The summed E-state index contributed by atoms with van der Waals surface area (Å²) in [5, 5.41) is 19.7. The van der Waals surface area contributed by atoms with Crippen LogP contribution in [0.2, 0.25) is 0 Å². The second-order valence-corrected chi connectivity index (χ2v) is 6.30. The van der Waals surface area contributed by atoms with Gasteiger partial charge in [0.25, 0.3) is 0 Å². The molecule has 136 valence electrons. The normalized spacial score (nSPS) is 23.9. The number of rotatable bonds is 6. The third-order valence-electron chi connectivity index (χ3n) is 4.72. The van der Waals surface area contributed by atoms with E-state index in [0.29, 0.717) is 35.6 Å². The van der Waals surface area contributed by atoms with Gasteiger partial charge >= 0.3 is 13.1 Å². The SMILES string of the molecule is CCC(C(=O)O)C1OB(O)c2cc(OC3CCCCO3)cc(OC)c21. The summed E-state index contributed by atoms with van der Waals surface area (Å²) in [6.07, 6.45) is 2.16. The van der Waals surface area contributed by atoms with Crippen LogP contribution in [-0.4, -0.2) is 43.2 Å². The topological polar surface area (TPSA) is 94.5 Å². The minimum absolute atomic E-state index is 0.325. The summed E-state index contributed by atoms with van der Waals surface area (Å²) in [5.74, 6) is -0.775. The van der Waals surface area contributed by atoms with Crippen molar-refractivity contribution in [2.45, 2.75) is 45.0 Å². The number of carbonyl (C=O) groups is 1. The molecule has 1 saturated heterocycles. The Labute approximate surface area is 147 Å². The van der Waals surface area contributed by atoms with Crippen LogP contribution in [-0.2, 0) is 14.2 Å². The Morgan fingerprint density at radius 2 is 2.24 bits per heavy atom. The zero-order valence-electron chi connectivity index (χ0n) is 14.4. The molecule has 1 aromatic rings. The summed E-state index contributed by atoms with van der Waals surface area (Å²) in [7, 11) is 0.290. The Hall–Kier alpha value is -1.77.